The minimum Gasteiger partial charge on any atom is -0.478 e. The van der Waals surface area contributed by atoms with Gasteiger partial charge in [-0.05, 0) is 11.8 Å². The average molecular weight is 258 g/mol. The summed E-state index contributed by atoms with van der Waals surface area (Å²) in [6, 6.07) is 1.34. The Hall–Kier alpha value is -1.29. The van der Waals surface area contributed by atoms with Gasteiger partial charge >= 0.3 is 5.97 Å². The van der Waals surface area contributed by atoms with Crippen LogP contribution in [-0.2, 0) is 0 Å². The van der Waals surface area contributed by atoms with Crippen LogP contribution in [-0.4, -0.2) is 22.7 Å². The van der Waals surface area contributed by atoms with Crippen LogP contribution in [0.1, 0.15) is 37.6 Å². The monoisotopic (exact) mass is 257 g/mol. The Bertz CT molecular complexity index is 413. The van der Waals surface area contributed by atoms with E-state index in [0.29, 0.717) is 6.61 Å². The zero-order valence-electron chi connectivity index (χ0n) is 10.2. The summed E-state index contributed by atoms with van der Waals surface area (Å²) in [6.45, 7) is 6.81. The third-order valence-electron chi connectivity index (χ3n) is 2.16. The molecule has 17 heavy (non-hydrogen) atoms. The van der Waals surface area contributed by atoms with Crippen molar-refractivity contribution < 1.29 is 14.6 Å². The summed E-state index contributed by atoms with van der Waals surface area (Å²) in [6.07, 6.45) is 2.15. The zero-order valence-corrected chi connectivity index (χ0v) is 10.9. The number of aromatic nitrogens is 1. The number of hydrogen-bond donors (Lipinski definition) is 1. The second kappa shape index (κ2) is 5.36. The normalized spacial score (nSPS) is 11.3. The number of ether oxygens (including phenoxy) is 1. The van der Waals surface area contributed by atoms with E-state index in [9.17, 15) is 4.79 Å². The number of carbonyl (C=O) groups is 1. The van der Waals surface area contributed by atoms with Gasteiger partial charge in [0.25, 0.3) is 0 Å². The summed E-state index contributed by atoms with van der Waals surface area (Å²) in [5, 5.41) is 8.99. The summed E-state index contributed by atoms with van der Waals surface area (Å²) in [7, 11) is 0. The predicted octanol–water partition coefficient (Wildman–Crippen LogP) is 3.25. The summed E-state index contributed by atoms with van der Waals surface area (Å²) < 4.78 is 5.39. The molecule has 1 N–H and O–H groups in total. The highest BCUT2D eigenvalue weighted by Gasteiger charge is 2.13. The first kappa shape index (κ1) is 13.8. The predicted molar refractivity (Wildman–Crippen MR) is 65.8 cm³/mol. The zero-order chi connectivity index (χ0) is 13.1. The first-order valence-electron chi connectivity index (χ1n) is 5.31. The van der Waals surface area contributed by atoms with Crippen molar-refractivity contribution in [2.45, 2.75) is 27.2 Å². The molecule has 4 nitrogen and oxygen atoms in total. The summed E-state index contributed by atoms with van der Waals surface area (Å²) in [4.78, 5) is 14.8. The van der Waals surface area contributed by atoms with Crippen molar-refractivity contribution in [1.29, 1.82) is 0 Å². The molecule has 0 aliphatic carbocycles. The van der Waals surface area contributed by atoms with Gasteiger partial charge in [-0.1, -0.05) is 32.4 Å². The Morgan fingerprint density at radius 3 is 2.71 bits per heavy atom. The van der Waals surface area contributed by atoms with Gasteiger partial charge in [0.15, 0.2) is 0 Å². The van der Waals surface area contributed by atoms with Crippen LogP contribution in [0.3, 0.4) is 0 Å². The van der Waals surface area contributed by atoms with Crippen molar-refractivity contribution in [3.63, 3.8) is 0 Å². The number of halogens is 1. The van der Waals surface area contributed by atoms with Gasteiger partial charge in [-0.3, -0.25) is 0 Å². The molecule has 94 valence electrons. The molecule has 0 bridgehead atoms. The molecule has 1 aromatic heterocycles. The highest BCUT2D eigenvalue weighted by molar-refractivity contribution is 6.33. The first-order chi connectivity index (χ1) is 7.79. The topological polar surface area (TPSA) is 59.4 Å². The number of aromatic carboxylic acids is 1. The maximum atomic E-state index is 10.8. The minimum atomic E-state index is -1.09. The van der Waals surface area contributed by atoms with Crippen molar-refractivity contribution in [2.75, 3.05) is 6.61 Å². The fraction of sp³-hybridized carbons (Fsp3) is 0.500. The maximum absolute atomic E-state index is 10.8. The number of carboxylic acids is 1. The van der Waals surface area contributed by atoms with Crippen LogP contribution in [0.4, 0.5) is 0 Å². The van der Waals surface area contributed by atoms with Gasteiger partial charge in [-0.15, -0.1) is 0 Å². The SMILES string of the molecule is CC(C)(C)CCOc1cc(C(=O)O)c(Cl)cn1. The molecule has 5 heteroatoms. The van der Waals surface area contributed by atoms with Crippen LogP contribution >= 0.6 is 11.6 Å². The van der Waals surface area contributed by atoms with Gasteiger partial charge in [-0.25, -0.2) is 9.78 Å². The summed E-state index contributed by atoms with van der Waals surface area (Å²) in [5.41, 5.74) is 0.176. The van der Waals surface area contributed by atoms with E-state index in [2.05, 4.69) is 25.8 Å². The Labute approximate surface area is 106 Å². The van der Waals surface area contributed by atoms with E-state index >= 15 is 0 Å². The Balaban J connectivity index is 2.67. The van der Waals surface area contributed by atoms with Crippen molar-refractivity contribution in [2.24, 2.45) is 5.41 Å². The van der Waals surface area contributed by atoms with Gasteiger partial charge in [-0.2, -0.15) is 0 Å². The molecule has 0 aliphatic heterocycles. The van der Waals surface area contributed by atoms with Crippen LogP contribution in [0.15, 0.2) is 12.3 Å². The fourth-order valence-electron chi connectivity index (χ4n) is 1.12. The fourth-order valence-corrected chi connectivity index (χ4v) is 1.31. The van der Waals surface area contributed by atoms with Crippen LogP contribution in [0, 0.1) is 5.41 Å². The number of nitrogens with zero attached hydrogens (tertiary/aromatic N) is 1. The molecular weight excluding hydrogens is 242 g/mol. The number of rotatable bonds is 4. The number of hydrogen-bond acceptors (Lipinski definition) is 3. The quantitative estimate of drug-likeness (QED) is 0.900. The lowest BCUT2D eigenvalue weighted by Crippen LogP contribution is -2.12. The molecule has 1 heterocycles. The molecular formula is C12H16ClNO3. The lowest BCUT2D eigenvalue weighted by Gasteiger charge is -2.17. The van der Waals surface area contributed by atoms with Crippen molar-refractivity contribution in [1.82, 2.24) is 4.98 Å². The second-order valence-corrected chi connectivity index (χ2v) is 5.37. The van der Waals surface area contributed by atoms with E-state index in [1.807, 2.05) is 0 Å². The molecule has 0 unspecified atom stereocenters. The Kier molecular flexibility index (Phi) is 4.34. The smallest absolute Gasteiger partial charge is 0.337 e. The van der Waals surface area contributed by atoms with Crippen molar-refractivity contribution in [3.8, 4) is 5.88 Å². The summed E-state index contributed by atoms with van der Waals surface area (Å²) in [5.74, 6) is -0.797. The average Bonchev–Trinajstić information content (AvgIpc) is 2.18. The molecule has 0 saturated carbocycles. The molecule has 0 aliphatic rings. The molecule has 0 saturated heterocycles. The largest absolute Gasteiger partial charge is 0.478 e. The molecule has 1 aromatic rings. The van der Waals surface area contributed by atoms with Gasteiger partial charge in [0.05, 0.1) is 23.4 Å². The highest BCUT2D eigenvalue weighted by atomic mass is 35.5. The van der Waals surface area contributed by atoms with Gasteiger partial charge in [0.2, 0.25) is 5.88 Å². The minimum absolute atomic E-state index is 0.00688. The molecule has 0 radical (unpaired) electrons. The summed E-state index contributed by atoms with van der Waals surface area (Å²) >= 11 is 5.70. The number of pyridine rings is 1. The highest BCUT2D eigenvalue weighted by Crippen LogP contribution is 2.21. The lowest BCUT2D eigenvalue weighted by molar-refractivity contribution is 0.0696. The Morgan fingerprint density at radius 1 is 1.53 bits per heavy atom. The molecule has 0 amide bonds. The van der Waals surface area contributed by atoms with E-state index in [1.165, 1.54) is 12.3 Å². The van der Waals surface area contributed by atoms with Crippen molar-refractivity contribution in [3.05, 3.63) is 22.8 Å². The van der Waals surface area contributed by atoms with E-state index in [1.54, 1.807) is 0 Å². The molecule has 0 fully saturated rings. The van der Waals surface area contributed by atoms with E-state index in [0.717, 1.165) is 6.42 Å². The molecule has 1 rings (SSSR count). The van der Waals surface area contributed by atoms with Crippen molar-refractivity contribution >= 4 is 17.6 Å². The number of carboxylic acid groups (broad SMARTS) is 1. The van der Waals surface area contributed by atoms with E-state index in [4.69, 9.17) is 21.4 Å². The van der Waals surface area contributed by atoms with Crippen LogP contribution in [0.25, 0.3) is 0 Å². The van der Waals surface area contributed by atoms with E-state index in [-0.39, 0.29) is 21.9 Å². The second-order valence-electron chi connectivity index (χ2n) is 4.97. The molecule has 0 spiro atoms. The first-order valence-corrected chi connectivity index (χ1v) is 5.69. The van der Waals surface area contributed by atoms with Gasteiger partial charge in [0, 0.05) is 6.07 Å². The van der Waals surface area contributed by atoms with Gasteiger partial charge < -0.3 is 9.84 Å². The van der Waals surface area contributed by atoms with E-state index < -0.39 is 5.97 Å². The van der Waals surface area contributed by atoms with Crippen LogP contribution in [0.2, 0.25) is 5.02 Å². The Morgan fingerprint density at radius 2 is 2.18 bits per heavy atom. The maximum Gasteiger partial charge on any atom is 0.337 e. The van der Waals surface area contributed by atoms with Crippen LogP contribution < -0.4 is 4.74 Å². The third kappa shape index (κ3) is 4.61. The van der Waals surface area contributed by atoms with Gasteiger partial charge in [0.1, 0.15) is 0 Å². The third-order valence-corrected chi connectivity index (χ3v) is 2.46. The van der Waals surface area contributed by atoms with Crippen LogP contribution in [0.5, 0.6) is 5.88 Å². The molecule has 0 aromatic carbocycles. The lowest BCUT2D eigenvalue weighted by atomic mass is 9.93. The standard InChI is InChI=1S/C12H16ClNO3/c1-12(2,3)4-5-17-10-6-8(11(15)16)9(13)7-14-10/h6-7H,4-5H2,1-3H3,(H,15,16). The molecule has 0 atom stereocenters.